The number of aromatic nitrogens is 1. The van der Waals surface area contributed by atoms with Gasteiger partial charge in [-0.15, -0.1) is 11.3 Å². The number of phenolic OH excluding ortho intramolecular Hbond substituents is 1. The van der Waals surface area contributed by atoms with Crippen molar-refractivity contribution >= 4 is 17.1 Å². The number of aryl methyl sites for hydroxylation is 1. The molecule has 1 aliphatic rings. The lowest BCUT2D eigenvalue weighted by atomic mass is 9.78. The fraction of sp³-hybridized carbons (Fsp3) is 0.375. The number of carbonyl (C=O) groups is 1. The van der Waals surface area contributed by atoms with Crippen LogP contribution in [0.3, 0.4) is 0 Å². The first-order valence-corrected chi connectivity index (χ1v) is 7.87. The SMILES string of the molecule is Cc1c(F)c(O)c(F)c(F)c1-c1nc2c(s1)C(=O)C(C)(C)CC2. The highest BCUT2D eigenvalue weighted by molar-refractivity contribution is 7.17. The van der Waals surface area contributed by atoms with Gasteiger partial charge in [0.05, 0.1) is 16.1 Å². The van der Waals surface area contributed by atoms with E-state index in [1.807, 2.05) is 13.8 Å². The summed E-state index contributed by atoms with van der Waals surface area (Å²) in [4.78, 5) is 17.0. The molecule has 1 heterocycles. The number of aromatic hydroxyl groups is 1. The molecule has 1 aromatic heterocycles. The van der Waals surface area contributed by atoms with Crippen LogP contribution < -0.4 is 0 Å². The second-order valence-electron chi connectivity index (χ2n) is 6.30. The molecule has 1 N–H and O–H groups in total. The van der Waals surface area contributed by atoms with Gasteiger partial charge in [0.1, 0.15) is 5.01 Å². The highest BCUT2D eigenvalue weighted by Crippen LogP contribution is 2.42. The number of hydrogen-bond acceptors (Lipinski definition) is 4. The lowest BCUT2D eigenvalue weighted by molar-refractivity contribution is 0.0815. The third kappa shape index (κ3) is 2.25. The first kappa shape index (κ1) is 16.0. The van der Waals surface area contributed by atoms with E-state index < -0.39 is 28.6 Å². The summed E-state index contributed by atoms with van der Waals surface area (Å²) in [6, 6.07) is 0. The van der Waals surface area contributed by atoms with E-state index in [-0.39, 0.29) is 21.9 Å². The third-order valence-electron chi connectivity index (χ3n) is 4.25. The molecule has 0 radical (unpaired) electrons. The Morgan fingerprint density at radius 1 is 1.17 bits per heavy atom. The van der Waals surface area contributed by atoms with Crippen LogP contribution in [0.1, 0.15) is 41.2 Å². The van der Waals surface area contributed by atoms with Crippen LogP contribution in [0.4, 0.5) is 13.2 Å². The van der Waals surface area contributed by atoms with Crippen molar-refractivity contribution in [2.75, 3.05) is 0 Å². The smallest absolute Gasteiger partial charge is 0.204 e. The van der Waals surface area contributed by atoms with Crippen LogP contribution in [-0.4, -0.2) is 15.9 Å². The van der Waals surface area contributed by atoms with Gasteiger partial charge < -0.3 is 5.11 Å². The Morgan fingerprint density at radius 2 is 1.83 bits per heavy atom. The van der Waals surface area contributed by atoms with Crippen molar-refractivity contribution in [2.45, 2.75) is 33.6 Å². The zero-order valence-corrected chi connectivity index (χ0v) is 13.6. The molecule has 122 valence electrons. The summed E-state index contributed by atoms with van der Waals surface area (Å²) in [6.45, 7) is 4.88. The molecule has 7 heteroatoms. The predicted molar refractivity (Wildman–Crippen MR) is 80.3 cm³/mol. The number of rotatable bonds is 1. The number of hydrogen-bond donors (Lipinski definition) is 1. The maximum absolute atomic E-state index is 14.2. The van der Waals surface area contributed by atoms with Gasteiger partial charge in [-0.2, -0.15) is 4.39 Å². The molecule has 0 spiro atoms. The minimum atomic E-state index is -1.65. The highest BCUT2D eigenvalue weighted by atomic mass is 32.1. The summed E-state index contributed by atoms with van der Waals surface area (Å²) in [5.74, 6) is -5.68. The second-order valence-corrected chi connectivity index (χ2v) is 7.30. The zero-order valence-electron chi connectivity index (χ0n) is 12.8. The van der Waals surface area contributed by atoms with Crippen LogP contribution in [0, 0.1) is 29.8 Å². The van der Waals surface area contributed by atoms with Gasteiger partial charge >= 0.3 is 0 Å². The maximum atomic E-state index is 14.2. The molecule has 0 saturated heterocycles. The molecule has 3 nitrogen and oxygen atoms in total. The highest BCUT2D eigenvalue weighted by Gasteiger charge is 2.37. The average Bonchev–Trinajstić information content (AvgIpc) is 2.92. The Morgan fingerprint density at radius 3 is 2.48 bits per heavy atom. The third-order valence-corrected chi connectivity index (χ3v) is 5.37. The number of benzene rings is 1. The van der Waals surface area contributed by atoms with E-state index in [0.717, 1.165) is 11.3 Å². The lowest BCUT2D eigenvalue weighted by Crippen LogP contribution is -2.29. The number of thiazole rings is 1. The molecule has 0 saturated carbocycles. The number of Topliss-reactive ketones (excluding diaryl/α,β-unsaturated/α-hetero) is 1. The number of carbonyl (C=O) groups excluding carboxylic acids is 1. The van der Waals surface area contributed by atoms with Gasteiger partial charge in [0.25, 0.3) is 0 Å². The van der Waals surface area contributed by atoms with Crippen LogP contribution in [-0.2, 0) is 6.42 Å². The number of nitrogens with zero attached hydrogens (tertiary/aromatic N) is 1. The minimum absolute atomic E-state index is 0.0499. The van der Waals surface area contributed by atoms with Crippen LogP contribution in [0.2, 0.25) is 0 Å². The van der Waals surface area contributed by atoms with E-state index in [9.17, 15) is 23.1 Å². The Balaban J connectivity index is 2.22. The minimum Gasteiger partial charge on any atom is -0.503 e. The second kappa shape index (κ2) is 5.06. The molecule has 0 aliphatic heterocycles. The summed E-state index contributed by atoms with van der Waals surface area (Å²) in [7, 11) is 0. The fourth-order valence-corrected chi connectivity index (χ4v) is 4.00. The first-order chi connectivity index (χ1) is 10.6. The summed E-state index contributed by atoms with van der Waals surface area (Å²) in [5.41, 5.74) is -0.584. The molecule has 0 fully saturated rings. The molecule has 0 bridgehead atoms. The fourth-order valence-electron chi connectivity index (χ4n) is 2.67. The molecule has 1 aromatic carbocycles. The molecular weight excluding hydrogens is 327 g/mol. The van der Waals surface area contributed by atoms with Crippen molar-refractivity contribution in [1.82, 2.24) is 4.98 Å². The van der Waals surface area contributed by atoms with Crippen molar-refractivity contribution in [3.8, 4) is 16.3 Å². The quantitative estimate of drug-likeness (QED) is 0.782. The Hall–Kier alpha value is -1.89. The Kier molecular flexibility index (Phi) is 3.51. The average molecular weight is 341 g/mol. The summed E-state index contributed by atoms with van der Waals surface area (Å²) >= 11 is 0.935. The van der Waals surface area contributed by atoms with E-state index in [0.29, 0.717) is 23.4 Å². The van der Waals surface area contributed by atoms with Gasteiger partial charge in [0.15, 0.2) is 23.2 Å². The topological polar surface area (TPSA) is 50.2 Å². The number of phenols is 1. The van der Waals surface area contributed by atoms with E-state index in [4.69, 9.17) is 0 Å². The lowest BCUT2D eigenvalue weighted by Gasteiger charge is -2.26. The summed E-state index contributed by atoms with van der Waals surface area (Å²) < 4.78 is 41.7. The molecule has 0 unspecified atom stereocenters. The molecule has 3 rings (SSSR count). The van der Waals surface area contributed by atoms with Crippen molar-refractivity contribution in [3.63, 3.8) is 0 Å². The monoisotopic (exact) mass is 341 g/mol. The number of ketones is 1. The summed E-state index contributed by atoms with van der Waals surface area (Å²) in [5, 5.41) is 9.30. The van der Waals surface area contributed by atoms with Crippen LogP contribution in [0.25, 0.3) is 10.6 Å². The largest absolute Gasteiger partial charge is 0.503 e. The standard InChI is InChI=1S/C16H14F3NO2S/c1-6-8(10(18)11(19)12(21)9(6)17)15-20-7-4-5-16(2,3)14(22)13(7)23-15/h21H,4-5H2,1-3H3. The first-order valence-electron chi connectivity index (χ1n) is 7.06. The van der Waals surface area contributed by atoms with Crippen LogP contribution >= 0.6 is 11.3 Å². The Labute approximate surface area is 134 Å². The molecule has 0 amide bonds. The molecule has 23 heavy (non-hydrogen) atoms. The number of fused-ring (bicyclic) bond motifs is 1. The van der Waals surface area contributed by atoms with Gasteiger partial charge in [0.2, 0.25) is 5.82 Å². The van der Waals surface area contributed by atoms with E-state index in [1.54, 1.807) is 0 Å². The van der Waals surface area contributed by atoms with Crippen molar-refractivity contribution < 1.29 is 23.1 Å². The Bertz CT molecular complexity index is 813. The predicted octanol–water partition coefficient (Wildman–Crippen LogP) is 4.40. The van der Waals surface area contributed by atoms with E-state index >= 15 is 0 Å². The molecule has 2 aromatic rings. The van der Waals surface area contributed by atoms with E-state index in [1.165, 1.54) is 6.92 Å². The molecule has 0 atom stereocenters. The van der Waals surface area contributed by atoms with Gasteiger partial charge in [-0.3, -0.25) is 4.79 Å². The van der Waals surface area contributed by atoms with Gasteiger partial charge in [-0.25, -0.2) is 13.8 Å². The van der Waals surface area contributed by atoms with Crippen molar-refractivity contribution in [2.24, 2.45) is 5.41 Å². The molecule has 1 aliphatic carbocycles. The van der Waals surface area contributed by atoms with Gasteiger partial charge in [0, 0.05) is 11.0 Å². The van der Waals surface area contributed by atoms with E-state index in [2.05, 4.69) is 4.98 Å². The summed E-state index contributed by atoms with van der Waals surface area (Å²) in [6.07, 6.45) is 1.16. The van der Waals surface area contributed by atoms with Crippen molar-refractivity contribution in [1.29, 1.82) is 0 Å². The van der Waals surface area contributed by atoms with Gasteiger partial charge in [-0.05, 0) is 19.8 Å². The van der Waals surface area contributed by atoms with Crippen LogP contribution in [0.15, 0.2) is 0 Å². The van der Waals surface area contributed by atoms with Crippen LogP contribution in [0.5, 0.6) is 5.75 Å². The number of halogens is 3. The zero-order chi connectivity index (χ0) is 17.1. The van der Waals surface area contributed by atoms with Crippen molar-refractivity contribution in [3.05, 3.63) is 33.6 Å². The normalized spacial score (nSPS) is 16.5. The van der Waals surface area contributed by atoms with Gasteiger partial charge in [-0.1, -0.05) is 13.8 Å². The molecular formula is C16H14F3NO2S. The maximum Gasteiger partial charge on any atom is 0.204 e.